The van der Waals surface area contributed by atoms with Crippen LogP contribution in [0, 0.1) is 6.92 Å². The molecule has 0 aliphatic rings. The van der Waals surface area contributed by atoms with E-state index in [4.69, 9.17) is 14.6 Å². The molecule has 0 saturated carbocycles. The van der Waals surface area contributed by atoms with Gasteiger partial charge >= 0.3 is 5.97 Å². The van der Waals surface area contributed by atoms with Crippen LogP contribution in [0.3, 0.4) is 0 Å². The number of hydrogen-bond acceptors (Lipinski definition) is 4. The highest BCUT2D eigenvalue weighted by molar-refractivity contribution is 9.10. The Morgan fingerprint density at radius 3 is 2.52 bits per heavy atom. The summed E-state index contributed by atoms with van der Waals surface area (Å²) in [6.07, 6.45) is 0. The zero-order chi connectivity index (χ0) is 17.0. The maximum atomic E-state index is 11.0. The van der Waals surface area contributed by atoms with Crippen molar-refractivity contribution in [1.29, 1.82) is 0 Å². The summed E-state index contributed by atoms with van der Waals surface area (Å²) >= 11 is 3.45. The first-order valence-corrected chi connectivity index (χ1v) is 7.73. The lowest BCUT2D eigenvalue weighted by Gasteiger charge is -2.15. The van der Waals surface area contributed by atoms with E-state index < -0.39 is 5.97 Å². The lowest BCUT2D eigenvalue weighted by Crippen LogP contribution is -2.05. The van der Waals surface area contributed by atoms with Gasteiger partial charge in [0.05, 0.1) is 19.8 Å². The number of aromatic carboxylic acids is 1. The van der Waals surface area contributed by atoms with Gasteiger partial charge in [-0.1, -0.05) is 15.9 Å². The van der Waals surface area contributed by atoms with E-state index >= 15 is 0 Å². The monoisotopic (exact) mass is 379 g/mol. The molecule has 2 aromatic rings. The van der Waals surface area contributed by atoms with Crippen molar-refractivity contribution in [2.45, 2.75) is 13.5 Å². The van der Waals surface area contributed by atoms with Crippen molar-refractivity contribution in [3.63, 3.8) is 0 Å². The van der Waals surface area contributed by atoms with Crippen molar-refractivity contribution in [3.05, 3.63) is 51.5 Å². The average Bonchev–Trinajstić information content (AvgIpc) is 2.52. The molecule has 0 saturated heterocycles. The van der Waals surface area contributed by atoms with Gasteiger partial charge in [0.2, 0.25) is 0 Å². The molecule has 122 valence electrons. The molecule has 2 rings (SSSR count). The summed E-state index contributed by atoms with van der Waals surface area (Å²) in [6.45, 7) is 2.39. The van der Waals surface area contributed by atoms with E-state index in [0.29, 0.717) is 18.0 Å². The van der Waals surface area contributed by atoms with Crippen LogP contribution >= 0.6 is 15.9 Å². The van der Waals surface area contributed by atoms with Gasteiger partial charge in [0.15, 0.2) is 11.5 Å². The smallest absolute Gasteiger partial charge is 0.335 e. The predicted molar refractivity (Wildman–Crippen MR) is 92.7 cm³/mol. The molecule has 5 nitrogen and oxygen atoms in total. The standard InChI is InChI=1S/C17H18BrNO4/c1-10-6-11(17(20)21)4-5-14(10)19-9-12-7-13(18)8-15(22-2)16(12)23-3/h4-8,19H,9H2,1-3H3,(H,20,21). The minimum atomic E-state index is -0.932. The highest BCUT2D eigenvalue weighted by atomic mass is 79.9. The second-order valence-electron chi connectivity index (χ2n) is 4.99. The normalized spacial score (nSPS) is 10.3. The fourth-order valence-electron chi connectivity index (χ4n) is 2.32. The quantitative estimate of drug-likeness (QED) is 0.790. The number of carboxylic acid groups (broad SMARTS) is 1. The van der Waals surface area contributed by atoms with E-state index in [2.05, 4.69) is 21.2 Å². The van der Waals surface area contributed by atoms with E-state index in [9.17, 15) is 4.79 Å². The maximum Gasteiger partial charge on any atom is 0.335 e. The van der Waals surface area contributed by atoms with E-state index in [1.165, 1.54) is 0 Å². The zero-order valence-corrected chi connectivity index (χ0v) is 14.7. The van der Waals surface area contributed by atoms with Crippen molar-refractivity contribution >= 4 is 27.6 Å². The first-order chi connectivity index (χ1) is 11.0. The molecule has 23 heavy (non-hydrogen) atoms. The molecule has 0 aliphatic carbocycles. The van der Waals surface area contributed by atoms with E-state index in [1.807, 2.05) is 19.1 Å². The third kappa shape index (κ3) is 3.96. The number of methoxy groups -OCH3 is 2. The van der Waals surface area contributed by atoms with Crippen LogP contribution < -0.4 is 14.8 Å². The molecular formula is C17H18BrNO4. The van der Waals surface area contributed by atoms with Crippen LogP contribution in [0.1, 0.15) is 21.5 Å². The van der Waals surface area contributed by atoms with Crippen molar-refractivity contribution < 1.29 is 19.4 Å². The molecule has 0 amide bonds. The number of hydrogen-bond donors (Lipinski definition) is 2. The Morgan fingerprint density at radius 1 is 1.22 bits per heavy atom. The summed E-state index contributed by atoms with van der Waals surface area (Å²) < 4.78 is 11.6. The third-order valence-electron chi connectivity index (χ3n) is 3.46. The molecule has 0 heterocycles. The van der Waals surface area contributed by atoms with Gasteiger partial charge < -0.3 is 19.9 Å². The van der Waals surface area contributed by atoms with Gasteiger partial charge in [-0.25, -0.2) is 4.79 Å². The number of ether oxygens (including phenoxy) is 2. The Labute approximate surface area is 143 Å². The summed E-state index contributed by atoms with van der Waals surface area (Å²) in [4.78, 5) is 11.0. The second kappa shape index (κ2) is 7.37. The van der Waals surface area contributed by atoms with Gasteiger partial charge in [-0.2, -0.15) is 0 Å². The number of carboxylic acids is 1. The minimum absolute atomic E-state index is 0.273. The predicted octanol–water partition coefficient (Wildman–Crippen LogP) is 4.09. The number of carbonyl (C=O) groups is 1. The molecule has 0 radical (unpaired) electrons. The van der Waals surface area contributed by atoms with Crippen LogP contribution in [-0.4, -0.2) is 25.3 Å². The Bertz CT molecular complexity index is 731. The van der Waals surface area contributed by atoms with Crippen LogP contribution in [-0.2, 0) is 6.54 Å². The summed E-state index contributed by atoms with van der Waals surface area (Å²) in [5.41, 5.74) is 2.94. The average molecular weight is 380 g/mol. The van der Waals surface area contributed by atoms with Crippen molar-refractivity contribution in [1.82, 2.24) is 0 Å². The first kappa shape index (κ1) is 17.1. The third-order valence-corrected chi connectivity index (χ3v) is 3.92. The fraction of sp³-hybridized carbons (Fsp3) is 0.235. The number of benzene rings is 2. The van der Waals surface area contributed by atoms with E-state index in [0.717, 1.165) is 21.3 Å². The SMILES string of the molecule is COc1cc(Br)cc(CNc2ccc(C(=O)O)cc2C)c1OC. The molecular weight excluding hydrogens is 362 g/mol. The lowest BCUT2D eigenvalue weighted by molar-refractivity contribution is 0.0697. The van der Waals surface area contributed by atoms with E-state index in [-0.39, 0.29) is 5.56 Å². The van der Waals surface area contributed by atoms with Crippen LogP contribution in [0.2, 0.25) is 0 Å². The summed E-state index contributed by atoms with van der Waals surface area (Å²) in [7, 11) is 3.19. The van der Waals surface area contributed by atoms with Gasteiger partial charge in [0.25, 0.3) is 0 Å². The topological polar surface area (TPSA) is 67.8 Å². The highest BCUT2D eigenvalue weighted by Crippen LogP contribution is 2.35. The summed E-state index contributed by atoms with van der Waals surface area (Å²) in [5.74, 6) is 0.387. The van der Waals surface area contributed by atoms with Gasteiger partial charge in [-0.3, -0.25) is 0 Å². The summed E-state index contributed by atoms with van der Waals surface area (Å²) in [5, 5.41) is 12.3. The molecule has 0 spiro atoms. The van der Waals surface area contributed by atoms with Gasteiger partial charge in [-0.15, -0.1) is 0 Å². The molecule has 0 unspecified atom stereocenters. The van der Waals surface area contributed by atoms with Gasteiger partial charge in [0, 0.05) is 22.3 Å². The largest absolute Gasteiger partial charge is 0.493 e. The molecule has 0 aliphatic heterocycles. The Hall–Kier alpha value is -2.21. The van der Waals surface area contributed by atoms with Crippen LogP contribution in [0.5, 0.6) is 11.5 Å². The number of rotatable bonds is 6. The minimum Gasteiger partial charge on any atom is -0.493 e. The molecule has 2 aromatic carbocycles. The number of nitrogens with one attached hydrogen (secondary N) is 1. The second-order valence-corrected chi connectivity index (χ2v) is 5.90. The van der Waals surface area contributed by atoms with Gasteiger partial charge in [-0.05, 0) is 42.8 Å². The molecule has 2 N–H and O–H groups in total. The summed E-state index contributed by atoms with van der Waals surface area (Å²) in [6, 6.07) is 8.78. The fourth-order valence-corrected chi connectivity index (χ4v) is 2.81. The highest BCUT2D eigenvalue weighted by Gasteiger charge is 2.12. The van der Waals surface area contributed by atoms with Crippen LogP contribution in [0.15, 0.2) is 34.8 Å². The van der Waals surface area contributed by atoms with E-state index in [1.54, 1.807) is 32.4 Å². The Morgan fingerprint density at radius 2 is 1.96 bits per heavy atom. The number of anilines is 1. The maximum absolute atomic E-state index is 11.0. The first-order valence-electron chi connectivity index (χ1n) is 6.94. The molecule has 0 fully saturated rings. The lowest BCUT2D eigenvalue weighted by atomic mass is 10.1. The molecule has 0 aromatic heterocycles. The van der Waals surface area contributed by atoms with Crippen molar-refractivity contribution in [2.24, 2.45) is 0 Å². The van der Waals surface area contributed by atoms with Crippen molar-refractivity contribution in [3.8, 4) is 11.5 Å². The Kier molecular flexibility index (Phi) is 5.50. The molecule has 6 heteroatoms. The Balaban J connectivity index is 2.24. The number of aryl methyl sites for hydroxylation is 1. The van der Waals surface area contributed by atoms with Crippen LogP contribution in [0.25, 0.3) is 0 Å². The molecule has 0 atom stereocenters. The zero-order valence-electron chi connectivity index (χ0n) is 13.1. The van der Waals surface area contributed by atoms with Crippen LogP contribution in [0.4, 0.5) is 5.69 Å². The number of halogens is 1. The van der Waals surface area contributed by atoms with Gasteiger partial charge in [0.1, 0.15) is 0 Å². The van der Waals surface area contributed by atoms with Crippen molar-refractivity contribution in [2.75, 3.05) is 19.5 Å². The molecule has 0 bridgehead atoms.